The molecule has 2 unspecified atom stereocenters. The SMILES string of the molecule is N#CC1=C(c2c[nH]c3ncc(Cl)nc23)NC(NC2CC3CCC2CC3)C(F)=C1c1ccco1. The van der Waals surface area contributed by atoms with Crippen molar-refractivity contribution in [3.05, 3.63) is 58.7 Å². The Labute approximate surface area is 194 Å². The van der Waals surface area contributed by atoms with E-state index in [1.165, 1.54) is 38.1 Å². The van der Waals surface area contributed by atoms with E-state index < -0.39 is 12.0 Å². The molecule has 0 aromatic carbocycles. The predicted molar refractivity (Wildman–Crippen MR) is 122 cm³/mol. The molecule has 3 fully saturated rings. The van der Waals surface area contributed by atoms with Gasteiger partial charge in [0.25, 0.3) is 0 Å². The summed E-state index contributed by atoms with van der Waals surface area (Å²) in [5.41, 5.74) is 2.41. The highest BCUT2D eigenvalue weighted by atomic mass is 35.5. The van der Waals surface area contributed by atoms with Crippen molar-refractivity contribution in [3.63, 3.8) is 0 Å². The van der Waals surface area contributed by atoms with E-state index in [0.717, 1.165) is 6.42 Å². The number of aromatic nitrogens is 3. The summed E-state index contributed by atoms with van der Waals surface area (Å²) in [6.45, 7) is 0. The van der Waals surface area contributed by atoms with Crippen LogP contribution in [0.4, 0.5) is 4.39 Å². The van der Waals surface area contributed by atoms with E-state index in [4.69, 9.17) is 16.0 Å². The van der Waals surface area contributed by atoms with Crippen LogP contribution in [0.2, 0.25) is 5.15 Å². The van der Waals surface area contributed by atoms with Crippen LogP contribution in [0.5, 0.6) is 0 Å². The molecule has 33 heavy (non-hydrogen) atoms. The number of nitrogens with one attached hydrogen (secondary N) is 3. The molecule has 7 nitrogen and oxygen atoms in total. The average Bonchev–Trinajstić information content (AvgIpc) is 3.51. The Bertz CT molecular complexity index is 1310. The van der Waals surface area contributed by atoms with Crippen LogP contribution in [-0.4, -0.2) is 27.2 Å². The van der Waals surface area contributed by atoms with Crippen LogP contribution in [0, 0.1) is 23.2 Å². The fraction of sp³-hybridized carbons (Fsp3) is 0.375. The molecule has 1 aliphatic heterocycles. The molecule has 9 heteroatoms. The summed E-state index contributed by atoms with van der Waals surface area (Å²) in [5, 5.41) is 17.1. The Kier molecular flexibility index (Phi) is 4.97. The van der Waals surface area contributed by atoms with Gasteiger partial charge in [0.05, 0.1) is 29.3 Å². The first-order valence-corrected chi connectivity index (χ1v) is 11.6. The lowest BCUT2D eigenvalue weighted by atomic mass is 9.68. The molecule has 7 rings (SSSR count). The first-order valence-electron chi connectivity index (χ1n) is 11.2. The van der Waals surface area contributed by atoms with Gasteiger partial charge in [0.1, 0.15) is 34.5 Å². The van der Waals surface area contributed by atoms with Gasteiger partial charge in [-0.15, -0.1) is 0 Å². The Morgan fingerprint density at radius 3 is 2.82 bits per heavy atom. The summed E-state index contributed by atoms with van der Waals surface area (Å²) in [4.78, 5) is 11.7. The normalized spacial score (nSPS) is 27.2. The maximum atomic E-state index is 16.0. The van der Waals surface area contributed by atoms with Crippen LogP contribution < -0.4 is 10.6 Å². The summed E-state index contributed by atoms with van der Waals surface area (Å²) in [7, 11) is 0. The highest BCUT2D eigenvalue weighted by molar-refractivity contribution is 6.29. The number of H-pyrrole nitrogens is 1. The number of nitriles is 1. The number of aromatic amines is 1. The molecule has 3 aliphatic carbocycles. The fourth-order valence-electron chi connectivity index (χ4n) is 5.63. The molecule has 0 saturated heterocycles. The van der Waals surface area contributed by atoms with E-state index in [1.54, 1.807) is 18.3 Å². The standard InChI is InChI=1S/C24H22ClFN6O/c25-18-11-29-24-22(31-18)15(10-28-24)21-14(9-27)19(17-2-1-7-33-17)20(26)23(32-21)30-16-8-12-3-5-13(16)6-4-12/h1-2,7,10-13,16,23,30,32H,3-6,8H2,(H,28,29). The molecule has 2 bridgehead atoms. The lowest BCUT2D eigenvalue weighted by Crippen LogP contribution is -2.54. The first kappa shape index (κ1) is 20.5. The van der Waals surface area contributed by atoms with Crippen molar-refractivity contribution in [2.45, 2.75) is 44.3 Å². The largest absolute Gasteiger partial charge is 0.464 e. The summed E-state index contributed by atoms with van der Waals surface area (Å²) >= 11 is 6.10. The third-order valence-corrected chi connectivity index (χ3v) is 7.39. The molecule has 3 aromatic heterocycles. The van der Waals surface area contributed by atoms with Gasteiger partial charge in [-0.2, -0.15) is 5.26 Å². The van der Waals surface area contributed by atoms with Crippen molar-refractivity contribution in [1.82, 2.24) is 25.6 Å². The summed E-state index contributed by atoms with van der Waals surface area (Å²) in [5.74, 6) is 1.10. The number of dihydropyridines is 1. The Hall–Kier alpha value is -3.15. The monoisotopic (exact) mass is 464 g/mol. The van der Waals surface area contributed by atoms with Crippen molar-refractivity contribution >= 4 is 34.0 Å². The maximum absolute atomic E-state index is 16.0. The number of hydrogen-bond donors (Lipinski definition) is 3. The van der Waals surface area contributed by atoms with E-state index in [9.17, 15) is 5.26 Å². The van der Waals surface area contributed by atoms with Crippen molar-refractivity contribution in [3.8, 4) is 6.07 Å². The second-order valence-electron chi connectivity index (χ2n) is 9.02. The second-order valence-corrected chi connectivity index (χ2v) is 9.41. The molecule has 2 atom stereocenters. The minimum Gasteiger partial charge on any atom is -0.464 e. The average molecular weight is 465 g/mol. The predicted octanol–water partition coefficient (Wildman–Crippen LogP) is 4.92. The Morgan fingerprint density at radius 1 is 1.27 bits per heavy atom. The number of nitrogens with zero attached hydrogens (tertiary/aromatic N) is 3. The number of furan rings is 1. The van der Waals surface area contributed by atoms with Gasteiger partial charge in [0.15, 0.2) is 5.65 Å². The van der Waals surface area contributed by atoms with E-state index in [1.807, 2.05) is 0 Å². The number of allylic oxidation sites excluding steroid dienone is 2. The van der Waals surface area contributed by atoms with Crippen LogP contribution in [0.15, 0.2) is 46.6 Å². The minimum atomic E-state index is -0.793. The molecule has 0 amide bonds. The zero-order valence-electron chi connectivity index (χ0n) is 17.7. The molecule has 3 aromatic rings. The van der Waals surface area contributed by atoms with Gasteiger partial charge in [0, 0.05) is 17.8 Å². The molecule has 0 radical (unpaired) electrons. The van der Waals surface area contributed by atoms with Crippen LogP contribution in [0.1, 0.15) is 43.4 Å². The van der Waals surface area contributed by atoms with Gasteiger partial charge in [0.2, 0.25) is 0 Å². The minimum absolute atomic E-state index is 0.147. The second kappa shape index (κ2) is 8.01. The van der Waals surface area contributed by atoms with Gasteiger partial charge in [-0.3, -0.25) is 5.32 Å². The molecule has 3 saturated carbocycles. The van der Waals surface area contributed by atoms with Gasteiger partial charge in [-0.25, -0.2) is 14.4 Å². The number of halogens is 2. The molecule has 0 spiro atoms. The maximum Gasteiger partial charge on any atom is 0.156 e. The van der Waals surface area contributed by atoms with Crippen LogP contribution in [0.3, 0.4) is 0 Å². The third kappa shape index (κ3) is 3.43. The topological polar surface area (TPSA) is 103 Å². The van der Waals surface area contributed by atoms with E-state index in [-0.39, 0.29) is 22.3 Å². The molecular formula is C24H22ClFN6O. The van der Waals surface area contributed by atoms with Gasteiger partial charge < -0.3 is 14.7 Å². The highest BCUT2D eigenvalue weighted by Crippen LogP contribution is 2.43. The van der Waals surface area contributed by atoms with Gasteiger partial charge in [-0.1, -0.05) is 24.4 Å². The lowest BCUT2D eigenvalue weighted by Gasteiger charge is -2.44. The van der Waals surface area contributed by atoms with Crippen molar-refractivity contribution in [1.29, 1.82) is 5.26 Å². The van der Waals surface area contributed by atoms with Crippen molar-refractivity contribution in [2.75, 3.05) is 0 Å². The fourth-order valence-corrected chi connectivity index (χ4v) is 5.76. The molecule has 3 N–H and O–H groups in total. The molecule has 4 heterocycles. The van der Waals surface area contributed by atoms with E-state index >= 15 is 4.39 Å². The van der Waals surface area contributed by atoms with Crippen LogP contribution >= 0.6 is 11.6 Å². The summed E-state index contributed by atoms with van der Waals surface area (Å²) < 4.78 is 21.5. The summed E-state index contributed by atoms with van der Waals surface area (Å²) in [6.07, 6.45) is 9.76. The Balaban J connectivity index is 1.47. The van der Waals surface area contributed by atoms with Gasteiger partial charge in [-0.05, 0) is 43.2 Å². The molecule has 4 aliphatic rings. The third-order valence-electron chi connectivity index (χ3n) is 7.21. The molecule has 168 valence electrons. The number of hydrogen-bond acceptors (Lipinski definition) is 6. The van der Waals surface area contributed by atoms with Crippen LogP contribution in [-0.2, 0) is 0 Å². The quantitative estimate of drug-likeness (QED) is 0.506. The lowest BCUT2D eigenvalue weighted by molar-refractivity contribution is 0.114. The van der Waals surface area contributed by atoms with Crippen LogP contribution in [0.25, 0.3) is 22.4 Å². The summed E-state index contributed by atoms with van der Waals surface area (Å²) in [6, 6.07) is 5.75. The zero-order chi connectivity index (χ0) is 22.5. The number of fused-ring (bicyclic) bond motifs is 4. The van der Waals surface area contributed by atoms with Gasteiger partial charge >= 0.3 is 0 Å². The zero-order valence-corrected chi connectivity index (χ0v) is 18.5. The smallest absolute Gasteiger partial charge is 0.156 e. The highest BCUT2D eigenvalue weighted by Gasteiger charge is 2.40. The number of rotatable bonds is 4. The van der Waals surface area contributed by atoms with Crippen molar-refractivity contribution in [2.24, 2.45) is 11.8 Å². The molecular weight excluding hydrogens is 443 g/mol. The van der Waals surface area contributed by atoms with E-state index in [0.29, 0.717) is 40.0 Å². The van der Waals surface area contributed by atoms with E-state index in [2.05, 4.69) is 31.7 Å². The first-order chi connectivity index (χ1) is 16.1. The Morgan fingerprint density at radius 2 is 2.12 bits per heavy atom. The van der Waals surface area contributed by atoms with Crippen molar-refractivity contribution < 1.29 is 8.81 Å².